The Morgan fingerprint density at radius 2 is 1.92 bits per heavy atom. The van der Waals surface area contributed by atoms with Crippen molar-refractivity contribution >= 4 is 17.7 Å². The van der Waals surface area contributed by atoms with E-state index in [0.717, 1.165) is 30.7 Å². The van der Waals surface area contributed by atoms with Crippen molar-refractivity contribution in [1.82, 2.24) is 4.90 Å². The molecule has 0 aliphatic carbocycles. The molecule has 2 aliphatic heterocycles. The van der Waals surface area contributed by atoms with Crippen molar-refractivity contribution in [2.24, 2.45) is 10.7 Å². The van der Waals surface area contributed by atoms with Crippen LogP contribution in [0.25, 0.3) is 0 Å². The van der Waals surface area contributed by atoms with Gasteiger partial charge < -0.3 is 15.4 Å². The fraction of sp³-hybridized carbons (Fsp3) is 0.611. The maximum atomic E-state index is 13.1. The van der Waals surface area contributed by atoms with Crippen LogP contribution in [-0.4, -0.2) is 55.2 Å². The highest BCUT2D eigenvalue weighted by atomic mass is 32.2. The highest BCUT2D eigenvalue weighted by molar-refractivity contribution is 7.99. The number of hydrogen-bond donors (Lipinski definition) is 1. The summed E-state index contributed by atoms with van der Waals surface area (Å²) in [5.41, 5.74) is 5.74. The minimum Gasteiger partial charge on any atom is -0.381 e. The zero-order chi connectivity index (χ0) is 18.6. The van der Waals surface area contributed by atoms with Crippen molar-refractivity contribution in [3.05, 3.63) is 35.4 Å². The number of benzene rings is 1. The van der Waals surface area contributed by atoms with E-state index in [9.17, 15) is 13.2 Å². The van der Waals surface area contributed by atoms with Crippen LogP contribution in [0.15, 0.2) is 29.3 Å². The van der Waals surface area contributed by atoms with Gasteiger partial charge in [0.25, 0.3) is 0 Å². The van der Waals surface area contributed by atoms with Crippen molar-refractivity contribution in [2.45, 2.75) is 24.4 Å². The summed E-state index contributed by atoms with van der Waals surface area (Å²) in [6.45, 7) is 3.14. The molecular formula is C18H24F3N3OS. The Morgan fingerprint density at radius 1 is 1.23 bits per heavy atom. The Morgan fingerprint density at radius 3 is 2.58 bits per heavy atom. The first kappa shape index (κ1) is 19.4. The van der Waals surface area contributed by atoms with Crippen LogP contribution < -0.4 is 5.73 Å². The van der Waals surface area contributed by atoms with Crippen LogP contribution >= 0.6 is 11.8 Å². The van der Waals surface area contributed by atoms with Crippen molar-refractivity contribution in [3.63, 3.8) is 0 Å². The molecule has 1 aromatic rings. The van der Waals surface area contributed by atoms with E-state index in [1.807, 2.05) is 11.8 Å². The van der Waals surface area contributed by atoms with Gasteiger partial charge in [-0.2, -0.15) is 24.9 Å². The van der Waals surface area contributed by atoms with Crippen LogP contribution in [0.4, 0.5) is 13.2 Å². The molecule has 1 aromatic carbocycles. The van der Waals surface area contributed by atoms with Crippen molar-refractivity contribution in [1.29, 1.82) is 0 Å². The summed E-state index contributed by atoms with van der Waals surface area (Å²) in [6, 6.07) is 5.61. The van der Waals surface area contributed by atoms with E-state index in [-0.39, 0.29) is 0 Å². The van der Waals surface area contributed by atoms with Crippen LogP contribution in [0.2, 0.25) is 0 Å². The van der Waals surface area contributed by atoms with Crippen molar-refractivity contribution < 1.29 is 17.9 Å². The smallest absolute Gasteiger partial charge is 0.381 e. The number of halogens is 3. The third kappa shape index (κ3) is 4.46. The van der Waals surface area contributed by atoms with E-state index in [1.54, 1.807) is 6.07 Å². The van der Waals surface area contributed by atoms with Crippen molar-refractivity contribution in [3.8, 4) is 0 Å². The molecule has 2 saturated heterocycles. The molecule has 144 valence electrons. The fourth-order valence-electron chi connectivity index (χ4n) is 3.45. The van der Waals surface area contributed by atoms with Gasteiger partial charge in [-0.1, -0.05) is 18.2 Å². The minimum atomic E-state index is -4.35. The largest absolute Gasteiger partial charge is 0.416 e. The van der Waals surface area contributed by atoms with Gasteiger partial charge in [0.2, 0.25) is 0 Å². The summed E-state index contributed by atoms with van der Waals surface area (Å²) < 4.78 is 44.9. The predicted molar refractivity (Wildman–Crippen MR) is 98.6 cm³/mol. The van der Waals surface area contributed by atoms with E-state index in [1.165, 1.54) is 12.1 Å². The number of alkyl halides is 3. The number of guanidine groups is 1. The number of thioether (sulfide) groups is 1. The van der Waals surface area contributed by atoms with Crippen LogP contribution in [0.5, 0.6) is 0 Å². The van der Waals surface area contributed by atoms with Crippen LogP contribution in [0.1, 0.15) is 24.0 Å². The zero-order valence-electron chi connectivity index (χ0n) is 14.6. The molecule has 2 fully saturated rings. The Balaban J connectivity index is 1.85. The number of ether oxygens (including phenoxy) is 1. The summed E-state index contributed by atoms with van der Waals surface area (Å²) in [7, 11) is 0. The van der Waals surface area contributed by atoms with Gasteiger partial charge in [0.1, 0.15) is 0 Å². The van der Waals surface area contributed by atoms with E-state index in [0.29, 0.717) is 44.1 Å². The minimum absolute atomic E-state index is 0.382. The number of nitrogens with two attached hydrogens (primary N) is 1. The number of rotatable bonds is 3. The molecule has 4 nitrogen and oxygen atoms in total. The predicted octanol–water partition coefficient (Wildman–Crippen LogP) is 3.12. The third-order valence-electron chi connectivity index (χ3n) is 5.13. The number of nitrogens with zero attached hydrogens (tertiary/aromatic N) is 2. The van der Waals surface area contributed by atoms with E-state index in [2.05, 4.69) is 9.89 Å². The Bertz CT molecular complexity index is 639. The summed E-state index contributed by atoms with van der Waals surface area (Å²) >= 11 is 1.89. The maximum Gasteiger partial charge on any atom is 0.416 e. The molecule has 26 heavy (non-hydrogen) atoms. The molecule has 0 aromatic heterocycles. The molecule has 0 radical (unpaired) electrons. The molecule has 2 aliphatic rings. The lowest BCUT2D eigenvalue weighted by Crippen LogP contribution is -2.44. The standard InChI is InChI=1S/C18H24F3N3OS/c19-18(20,21)15-3-1-2-14(12-15)17(4-8-25-9-5-17)13-23-16(22)24-6-10-26-11-7-24/h1-3,12H,4-11,13H2,(H2,22,23). The second kappa shape index (κ2) is 8.08. The first-order valence-corrected chi connectivity index (χ1v) is 9.94. The van der Waals surface area contributed by atoms with Gasteiger partial charge in [-0.3, -0.25) is 4.99 Å². The average Bonchev–Trinajstić information content (AvgIpc) is 2.67. The van der Waals surface area contributed by atoms with Gasteiger partial charge >= 0.3 is 6.18 Å². The highest BCUT2D eigenvalue weighted by Gasteiger charge is 2.37. The van der Waals surface area contributed by atoms with Gasteiger partial charge in [-0.05, 0) is 24.5 Å². The lowest BCUT2D eigenvalue weighted by Gasteiger charge is -2.37. The molecule has 2 N–H and O–H groups in total. The lowest BCUT2D eigenvalue weighted by molar-refractivity contribution is -0.137. The molecule has 3 rings (SSSR count). The van der Waals surface area contributed by atoms with Gasteiger partial charge in [-0.25, -0.2) is 0 Å². The number of hydrogen-bond acceptors (Lipinski definition) is 3. The van der Waals surface area contributed by atoms with E-state index >= 15 is 0 Å². The van der Waals surface area contributed by atoms with Crippen LogP contribution in [-0.2, 0) is 16.3 Å². The second-order valence-corrected chi connectivity index (χ2v) is 7.97. The second-order valence-electron chi connectivity index (χ2n) is 6.75. The molecule has 0 saturated carbocycles. The molecule has 0 spiro atoms. The van der Waals surface area contributed by atoms with E-state index < -0.39 is 17.2 Å². The first-order chi connectivity index (χ1) is 12.4. The molecule has 0 atom stereocenters. The molecule has 2 heterocycles. The Hall–Kier alpha value is -1.41. The summed E-state index contributed by atoms with van der Waals surface area (Å²) in [4.78, 5) is 6.64. The third-order valence-corrected chi connectivity index (χ3v) is 6.07. The van der Waals surface area contributed by atoms with Crippen molar-refractivity contribution in [2.75, 3.05) is 44.4 Å². The number of aliphatic imine (C=N–C) groups is 1. The topological polar surface area (TPSA) is 50.9 Å². The highest BCUT2D eigenvalue weighted by Crippen LogP contribution is 2.38. The van der Waals surface area contributed by atoms with E-state index in [4.69, 9.17) is 10.5 Å². The SMILES string of the molecule is NC(=NCC1(c2cccc(C(F)(F)F)c2)CCOCC1)N1CCSCC1. The normalized spacial score (nSPS) is 21.7. The zero-order valence-corrected chi connectivity index (χ0v) is 15.4. The summed E-state index contributed by atoms with van der Waals surface area (Å²) in [5.74, 6) is 2.52. The molecular weight excluding hydrogens is 363 g/mol. The van der Waals surface area contributed by atoms with Gasteiger partial charge in [0.15, 0.2) is 5.96 Å². The molecule has 8 heteroatoms. The Kier molecular flexibility index (Phi) is 6.02. The molecule has 0 bridgehead atoms. The summed E-state index contributed by atoms with van der Waals surface area (Å²) in [6.07, 6.45) is -3.07. The van der Waals surface area contributed by atoms with Gasteiger partial charge in [0, 0.05) is 43.2 Å². The lowest BCUT2D eigenvalue weighted by atomic mass is 9.74. The summed E-state index contributed by atoms with van der Waals surface area (Å²) in [5, 5.41) is 0. The fourth-order valence-corrected chi connectivity index (χ4v) is 4.35. The van der Waals surface area contributed by atoms with Gasteiger partial charge in [-0.15, -0.1) is 0 Å². The molecule has 0 amide bonds. The quantitative estimate of drug-likeness (QED) is 0.640. The Labute approximate surface area is 156 Å². The van der Waals surface area contributed by atoms with Crippen LogP contribution in [0, 0.1) is 0 Å². The first-order valence-electron chi connectivity index (χ1n) is 8.79. The van der Waals surface area contributed by atoms with Gasteiger partial charge in [0.05, 0.1) is 12.1 Å². The van der Waals surface area contributed by atoms with Crippen LogP contribution in [0.3, 0.4) is 0 Å². The maximum absolute atomic E-state index is 13.1. The molecule has 0 unspecified atom stereocenters. The monoisotopic (exact) mass is 387 g/mol. The average molecular weight is 387 g/mol.